The van der Waals surface area contributed by atoms with Gasteiger partial charge in [-0.25, -0.2) is 9.78 Å². The highest BCUT2D eigenvalue weighted by Crippen LogP contribution is 2.60. The van der Waals surface area contributed by atoms with E-state index in [0.717, 1.165) is 38.2 Å². The highest BCUT2D eigenvalue weighted by molar-refractivity contribution is 5.09. The Kier molecular flexibility index (Phi) is 5.28. The molecular formula is C23H38O5. The third-order valence-electron chi connectivity index (χ3n) is 8.63. The number of rotatable bonds is 4. The molecule has 6 aliphatic rings. The Balaban J connectivity index is 1.31. The first-order valence-corrected chi connectivity index (χ1v) is 11.8. The van der Waals surface area contributed by atoms with Crippen LogP contribution >= 0.6 is 0 Å². The summed E-state index contributed by atoms with van der Waals surface area (Å²) in [7, 11) is 0. The molecule has 2 bridgehead atoms. The summed E-state index contributed by atoms with van der Waals surface area (Å²) in [6.07, 6.45) is 11.8. The summed E-state index contributed by atoms with van der Waals surface area (Å²) in [4.78, 5) is 12.1. The Bertz CT molecular complexity index is 563. The minimum absolute atomic E-state index is 0.204. The molecule has 4 aliphatic heterocycles. The Hall–Kier alpha value is -0.200. The lowest BCUT2D eigenvalue weighted by atomic mass is 9.58. The van der Waals surface area contributed by atoms with E-state index in [0.29, 0.717) is 17.8 Å². The van der Waals surface area contributed by atoms with Gasteiger partial charge in [0.05, 0.1) is 6.61 Å². The summed E-state index contributed by atoms with van der Waals surface area (Å²) in [5.41, 5.74) is -0.476. The number of hydrogen-bond donors (Lipinski definition) is 0. The van der Waals surface area contributed by atoms with E-state index in [1.54, 1.807) is 0 Å². The van der Waals surface area contributed by atoms with Crippen LogP contribution < -0.4 is 0 Å². The lowest BCUT2D eigenvalue weighted by Gasteiger charge is -2.60. The van der Waals surface area contributed by atoms with Crippen LogP contribution in [0, 0.1) is 29.6 Å². The molecule has 2 aliphatic carbocycles. The van der Waals surface area contributed by atoms with Crippen LogP contribution in [0.2, 0.25) is 0 Å². The molecule has 160 valence electrons. The van der Waals surface area contributed by atoms with Crippen molar-refractivity contribution in [2.75, 3.05) is 6.61 Å². The molecule has 6 rings (SSSR count). The van der Waals surface area contributed by atoms with Gasteiger partial charge in [-0.1, -0.05) is 46.0 Å². The van der Waals surface area contributed by atoms with Crippen LogP contribution in [0.3, 0.4) is 0 Å². The van der Waals surface area contributed by atoms with Crippen molar-refractivity contribution < 1.29 is 24.0 Å². The van der Waals surface area contributed by atoms with Crippen molar-refractivity contribution in [1.29, 1.82) is 0 Å². The van der Waals surface area contributed by atoms with Crippen LogP contribution in [0.5, 0.6) is 0 Å². The predicted molar refractivity (Wildman–Crippen MR) is 104 cm³/mol. The Morgan fingerprint density at radius 2 is 1.75 bits per heavy atom. The first kappa shape index (κ1) is 19.7. The second-order valence-electron chi connectivity index (χ2n) is 10.4. The van der Waals surface area contributed by atoms with Gasteiger partial charge in [0.1, 0.15) is 0 Å². The van der Waals surface area contributed by atoms with Gasteiger partial charge in [0.2, 0.25) is 5.79 Å². The minimum Gasteiger partial charge on any atom is -0.352 e. The van der Waals surface area contributed by atoms with Gasteiger partial charge in [-0.3, -0.25) is 0 Å². The van der Waals surface area contributed by atoms with E-state index in [4.69, 9.17) is 24.0 Å². The van der Waals surface area contributed by atoms with E-state index < -0.39 is 11.4 Å². The highest BCUT2D eigenvalue weighted by Gasteiger charge is 2.69. The lowest BCUT2D eigenvalue weighted by molar-refractivity contribution is -0.577. The quantitative estimate of drug-likeness (QED) is 0.615. The van der Waals surface area contributed by atoms with Gasteiger partial charge in [-0.05, 0) is 50.4 Å². The summed E-state index contributed by atoms with van der Waals surface area (Å²) in [6.45, 7) is 7.41. The Morgan fingerprint density at radius 3 is 2.57 bits per heavy atom. The van der Waals surface area contributed by atoms with Crippen molar-refractivity contribution in [1.82, 2.24) is 0 Å². The molecule has 5 heteroatoms. The third kappa shape index (κ3) is 3.17. The van der Waals surface area contributed by atoms with E-state index >= 15 is 0 Å². The van der Waals surface area contributed by atoms with E-state index in [1.807, 2.05) is 6.92 Å². The molecule has 0 aromatic heterocycles. The fourth-order valence-corrected chi connectivity index (χ4v) is 6.89. The summed E-state index contributed by atoms with van der Waals surface area (Å²) < 4.78 is 19.2. The number of ether oxygens (including phenoxy) is 3. The van der Waals surface area contributed by atoms with Crippen LogP contribution in [0.15, 0.2) is 0 Å². The van der Waals surface area contributed by atoms with Crippen LogP contribution in [-0.2, 0) is 24.0 Å². The third-order valence-corrected chi connectivity index (χ3v) is 8.63. The first-order valence-electron chi connectivity index (χ1n) is 11.8. The lowest BCUT2D eigenvalue weighted by Crippen LogP contribution is -2.70. The largest absolute Gasteiger partial charge is 0.352 e. The molecule has 5 nitrogen and oxygen atoms in total. The van der Waals surface area contributed by atoms with Crippen LogP contribution in [0.4, 0.5) is 0 Å². The van der Waals surface area contributed by atoms with Gasteiger partial charge >= 0.3 is 0 Å². The zero-order chi connectivity index (χ0) is 19.4. The van der Waals surface area contributed by atoms with Gasteiger partial charge in [0, 0.05) is 18.3 Å². The van der Waals surface area contributed by atoms with Crippen molar-refractivity contribution in [2.24, 2.45) is 29.6 Å². The molecule has 0 amide bonds. The average Bonchev–Trinajstić information content (AvgIpc) is 2.92. The Morgan fingerprint density at radius 1 is 0.929 bits per heavy atom. The Labute approximate surface area is 169 Å². The summed E-state index contributed by atoms with van der Waals surface area (Å²) >= 11 is 0. The minimum atomic E-state index is -0.704. The molecule has 2 unspecified atom stereocenters. The van der Waals surface area contributed by atoms with Gasteiger partial charge in [-0.2, -0.15) is 0 Å². The van der Waals surface area contributed by atoms with Crippen LogP contribution in [-0.4, -0.2) is 30.6 Å². The molecule has 0 radical (unpaired) electrons. The van der Waals surface area contributed by atoms with Crippen molar-refractivity contribution in [3.63, 3.8) is 0 Å². The second kappa shape index (κ2) is 7.49. The molecule has 0 aromatic rings. The molecule has 4 saturated heterocycles. The molecular weight excluding hydrogens is 356 g/mol. The van der Waals surface area contributed by atoms with Crippen molar-refractivity contribution >= 4 is 0 Å². The maximum Gasteiger partial charge on any atom is 0.201 e. The highest BCUT2D eigenvalue weighted by atomic mass is 17.3. The van der Waals surface area contributed by atoms with Crippen molar-refractivity contribution in [3.8, 4) is 0 Å². The molecule has 0 N–H and O–H groups in total. The smallest absolute Gasteiger partial charge is 0.201 e. The van der Waals surface area contributed by atoms with Crippen LogP contribution in [0.1, 0.15) is 85.0 Å². The van der Waals surface area contributed by atoms with Gasteiger partial charge < -0.3 is 14.2 Å². The second-order valence-corrected chi connectivity index (χ2v) is 10.4. The molecule has 2 saturated carbocycles. The van der Waals surface area contributed by atoms with E-state index in [1.165, 1.54) is 38.5 Å². The zero-order valence-corrected chi connectivity index (χ0v) is 17.9. The fraction of sp³-hybridized carbons (Fsp3) is 1.00. The first-order chi connectivity index (χ1) is 13.5. The number of fused-ring (bicyclic) bond motifs is 2. The van der Waals surface area contributed by atoms with E-state index in [9.17, 15) is 0 Å². The van der Waals surface area contributed by atoms with Gasteiger partial charge in [0.25, 0.3) is 0 Å². The molecule has 8 atom stereocenters. The topological polar surface area (TPSA) is 46.2 Å². The summed E-state index contributed by atoms with van der Waals surface area (Å²) in [5.74, 6) is 1.80. The summed E-state index contributed by atoms with van der Waals surface area (Å²) in [5, 5.41) is 0. The maximum atomic E-state index is 6.50. The molecule has 1 spiro atoms. The molecule has 0 aromatic carbocycles. The number of hydrogen-bond acceptors (Lipinski definition) is 5. The SMILES string of the molecule is C[C@@H]1CCC2[C@@H](C)[C@@H](OCCC3CCCCC3)O[C@@H]3O[C@@]4(C)CCC1[C@@]23OO4. The van der Waals surface area contributed by atoms with Crippen LogP contribution in [0.25, 0.3) is 0 Å². The molecule has 4 heterocycles. The van der Waals surface area contributed by atoms with Gasteiger partial charge in [0.15, 0.2) is 18.2 Å². The fourth-order valence-electron chi connectivity index (χ4n) is 6.89. The predicted octanol–water partition coefficient (Wildman–Crippen LogP) is 5.18. The monoisotopic (exact) mass is 394 g/mol. The molecule has 28 heavy (non-hydrogen) atoms. The molecule has 6 fully saturated rings. The van der Waals surface area contributed by atoms with Gasteiger partial charge in [-0.15, -0.1) is 0 Å². The normalized spacial score (nSPS) is 51.5. The van der Waals surface area contributed by atoms with E-state index in [-0.39, 0.29) is 18.5 Å². The van der Waals surface area contributed by atoms with Crippen molar-refractivity contribution in [3.05, 3.63) is 0 Å². The zero-order valence-electron chi connectivity index (χ0n) is 17.9. The average molecular weight is 395 g/mol. The maximum absolute atomic E-state index is 6.50. The summed E-state index contributed by atoms with van der Waals surface area (Å²) in [6, 6.07) is 0. The van der Waals surface area contributed by atoms with Crippen molar-refractivity contribution in [2.45, 2.75) is 109 Å². The van der Waals surface area contributed by atoms with E-state index in [2.05, 4.69) is 13.8 Å². The standard InChI is InChI=1S/C23H38O5/c1-15-9-10-19-16(2)20(24-14-12-17-7-5-4-6-8-17)25-21-23(19)18(15)11-13-22(3,26-21)27-28-23/h15-21H,4-14H2,1-3H3/t15-,16-,18?,19?,20+,21-,22-,23-/m1/s1.